The Hall–Kier alpha value is -1.89. The molecule has 1 saturated carbocycles. The minimum absolute atomic E-state index is 0.000915. The fourth-order valence-electron chi connectivity index (χ4n) is 2.87. The quantitative estimate of drug-likeness (QED) is 0.846. The van der Waals surface area contributed by atoms with Gasteiger partial charge in [-0.05, 0) is 37.5 Å². The largest absolute Gasteiger partial charge is 0.337 e. The van der Waals surface area contributed by atoms with E-state index >= 15 is 0 Å². The highest BCUT2D eigenvalue weighted by molar-refractivity contribution is 5.85. The summed E-state index contributed by atoms with van der Waals surface area (Å²) < 4.78 is 0. The lowest BCUT2D eigenvalue weighted by Gasteiger charge is -2.34. The zero-order chi connectivity index (χ0) is 14.4. The van der Waals surface area contributed by atoms with E-state index < -0.39 is 5.41 Å². The molecule has 1 aromatic heterocycles. The van der Waals surface area contributed by atoms with Crippen LogP contribution in [0.25, 0.3) is 0 Å². The molecule has 1 aliphatic carbocycles. The molecule has 1 aromatic rings. The summed E-state index contributed by atoms with van der Waals surface area (Å²) in [6.45, 7) is 3.15. The van der Waals surface area contributed by atoms with Crippen LogP contribution in [0, 0.1) is 16.7 Å². The van der Waals surface area contributed by atoms with Crippen molar-refractivity contribution in [3.05, 3.63) is 30.1 Å². The second-order valence-electron chi connectivity index (χ2n) is 5.43. The standard InChI is InChI=1S/C16H21N3O/c1-2-19(12-14-6-10-18-11-7-14)15(20)16(13-17)8-4-3-5-9-16/h6-7,10-11H,2-5,8-9,12H2,1H3. The van der Waals surface area contributed by atoms with Crippen LogP contribution in [0.3, 0.4) is 0 Å². The van der Waals surface area contributed by atoms with Crippen LogP contribution in [0.2, 0.25) is 0 Å². The molecule has 0 bridgehead atoms. The van der Waals surface area contributed by atoms with Crippen LogP contribution < -0.4 is 0 Å². The molecule has 1 fully saturated rings. The molecule has 1 aliphatic rings. The van der Waals surface area contributed by atoms with Gasteiger partial charge in [-0.3, -0.25) is 9.78 Å². The van der Waals surface area contributed by atoms with Gasteiger partial charge in [0, 0.05) is 25.5 Å². The zero-order valence-corrected chi connectivity index (χ0v) is 12.0. The first-order valence-electron chi connectivity index (χ1n) is 7.31. The average molecular weight is 271 g/mol. The van der Waals surface area contributed by atoms with Crippen molar-refractivity contribution in [1.82, 2.24) is 9.88 Å². The third kappa shape index (κ3) is 2.98. The Balaban J connectivity index is 2.14. The molecular formula is C16H21N3O. The van der Waals surface area contributed by atoms with E-state index in [9.17, 15) is 10.1 Å². The van der Waals surface area contributed by atoms with Crippen molar-refractivity contribution in [3.8, 4) is 6.07 Å². The maximum Gasteiger partial charge on any atom is 0.243 e. The Morgan fingerprint density at radius 2 is 2.00 bits per heavy atom. The van der Waals surface area contributed by atoms with Crippen molar-refractivity contribution in [1.29, 1.82) is 5.26 Å². The number of nitrogens with zero attached hydrogens (tertiary/aromatic N) is 3. The fraction of sp³-hybridized carbons (Fsp3) is 0.562. The molecular weight excluding hydrogens is 250 g/mol. The zero-order valence-electron chi connectivity index (χ0n) is 12.0. The molecule has 4 nitrogen and oxygen atoms in total. The molecule has 1 amide bonds. The number of pyridine rings is 1. The van der Waals surface area contributed by atoms with Crippen LogP contribution in [-0.2, 0) is 11.3 Å². The summed E-state index contributed by atoms with van der Waals surface area (Å²) in [5.41, 5.74) is 0.264. The number of hydrogen-bond donors (Lipinski definition) is 0. The SMILES string of the molecule is CCN(Cc1ccncc1)C(=O)C1(C#N)CCCCC1. The summed E-state index contributed by atoms with van der Waals surface area (Å²) >= 11 is 0. The van der Waals surface area contributed by atoms with E-state index in [-0.39, 0.29) is 5.91 Å². The van der Waals surface area contributed by atoms with E-state index in [1.807, 2.05) is 19.1 Å². The third-order valence-corrected chi connectivity index (χ3v) is 4.12. The van der Waals surface area contributed by atoms with Crippen LogP contribution >= 0.6 is 0 Å². The van der Waals surface area contributed by atoms with E-state index in [1.165, 1.54) is 0 Å². The number of aromatic nitrogens is 1. The lowest BCUT2D eigenvalue weighted by molar-refractivity contribution is -0.141. The average Bonchev–Trinajstić information content (AvgIpc) is 2.53. The first-order chi connectivity index (χ1) is 9.72. The van der Waals surface area contributed by atoms with Crippen molar-refractivity contribution >= 4 is 5.91 Å². The normalized spacial score (nSPS) is 17.2. The lowest BCUT2D eigenvalue weighted by Crippen LogP contribution is -2.44. The Bertz CT molecular complexity index is 486. The predicted molar refractivity (Wildman–Crippen MR) is 76.5 cm³/mol. The summed E-state index contributed by atoms with van der Waals surface area (Å²) in [6, 6.07) is 6.14. The van der Waals surface area contributed by atoms with Gasteiger partial charge in [0.05, 0.1) is 6.07 Å². The second kappa shape index (κ2) is 6.51. The van der Waals surface area contributed by atoms with Gasteiger partial charge in [0.1, 0.15) is 5.41 Å². The molecule has 0 N–H and O–H groups in total. The fourth-order valence-corrected chi connectivity index (χ4v) is 2.87. The van der Waals surface area contributed by atoms with Gasteiger partial charge in [-0.2, -0.15) is 5.26 Å². The van der Waals surface area contributed by atoms with Gasteiger partial charge in [-0.15, -0.1) is 0 Å². The molecule has 0 saturated heterocycles. The van der Waals surface area contributed by atoms with Crippen molar-refractivity contribution in [2.45, 2.75) is 45.6 Å². The van der Waals surface area contributed by atoms with Gasteiger partial charge >= 0.3 is 0 Å². The lowest BCUT2D eigenvalue weighted by atomic mass is 9.74. The van der Waals surface area contributed by atoms with E-state index in [1.54, 1.807) is 17.3 Å². The molecule has 0 radical (unpaired) electrons. The Morgan fingerprint density at radius 1 is 1.35 bits per heavy atom. The summed E-state index contributed by atoms with van der Waals surface area (Å²) in [5.74, 6) is -0.000915. The Kier molecular flexibility index (Phi) is 4.73. The Morgan fingerprint density at radius 3 is 2.55 bits per heavy atom. The molecule has 106 valence electrons. The van der Waals surface area contributed by atoms with Crippen LogP contribution in [0.4, 0.5) is 0 Å². The molecule has 0 atom stereocenters. The molecule has 0 aromatic carbocycles. The molecule has 0 unspecified atom stereocenters. The molecule has 20 heavy (non-hydrogen) atoms. The number of carbonyl (C=O) groups excluding carboxylic acids is 1. The van der Waals surface area contributed by atoms with Crippen molar-refractivity contribution in [2.24, 2.45) is 5.41 Å². The topological polar surface area (TPSA) is 57.0 Å². The molecule has 0 spiro atoms. The van der Waals surface area contributed by atoms with Crippen LogP contribution in [0.5, 0.6) is 0 Å². The monoisotopic (exact) mass is 271 g/mol. The van der Waals surface area contributed by atoms with Gasteiger partial charge in [0.2, 0.25) is 5.91 Å². The molecule has 1 heterocycles. The summed E-state index contributed by atoms with van der Waals surface area (Å²) in [4.78, 5) is 18.6. The molecule has 2 rings (SSSR count). The highest BCUT2D eigenvalue weighted by Crippen LogP contribution is 2.37. The van der Waals surface area contributed by atoms with Crippen molar-refractivity contribution in [2.75, 3.05) is 6.54 Å². The summed E-state index contributed by atoms with van der Waals surface area (Å²) in [7, 11) is 0. The van der Waals surface area contributed by atoms with Gasteiger partial charge in [-0.1, -0.05) is 19.3 Å². The van der Waals surface area contributed by atoms with E-state index in [0.717, 1.165) is 24.8 Å². The number of carbonyl (C=O) groups is 1. The van der Waals surface area contributed by atoms with Gasteiger partial charge in [-0.25, -0.2) is 0 Å². The maximum atomic E-state index is 12.8. The summed E-state index contributed by atoms with van der Waals surface area (Å²) in [5, 5.41) is 9.51. The number of amides is 1. The number of rotatable bonds is 4. The van der Waals surface area contributed by atoms with Crippen LogP contribution in [0.1, 0.15) is 44.6 Å². The minimum Gasteiger partial charge on any atom is -0.337 e. The van der Waals surface area contributed by atoms with Crippen molar-refractivity contribution in [3.63, 3.8) is 0 Å². The number of nitriles is 1. The minimum atomic E-state index is -0.790. The maximum absolute atomic E-state index is 12.8. The van der Waals surface area contributed by atoms with Crippen molar-refractivity contribution < 1.29 is 4.79 Å². The molecule has 0 aliphatic heterocycles. The third-order valence-electron chi connectivity index (χ3n) is 4.12. The smallest absolute Gasteiger partial charge is 0.243 e. The number of hydrogen-bond acceptors (Lipinski definition) is 3. The van der Waals surface area contributed by atoms with Gasteiger partial charge in [0.25, 0.3) is 0 Å². The van der Waals surface area contributed by atoms with E-state index in [4.69, 9.17) is 0 Å². The van der Waals surface area contributed by atoms with Crippen LogP contribution in [-0.4, -0.2) is 22.3 Å². The first-order valence-corrected chi connectivity index (χ1v) is 7.31. The van der Waals surface area contributed by atoms with Crippen LogP contribution in [0.15, 0.2) is 24.5 Å². The second-order valence-corrected chi connectivity index (χ2v) is 5.43. The van der Waals surface area contributed by atoms with E-state index in [2.05, 4.69) is 11.1 Å². The highest BCUT2D eigenvalue weighted by Gasteiger charge is 2.42. The van der Waals surface area contributed by atoms with Gasteiger partial charge in [0.15, 0.2) is 0 Å². The predicted octanol–water partition coefficient (Wildman–Crippen LogP) is 2.90. The first kappa shape index (κ1) is 14.5. The van der Waals surface area contributed by atoms with E-state index in [0.29, 0.717) is 25.9 Å². The summed E-state index contributed by atoms with van der Waals surface area (Å²) in [6.07, 6.45) is 7.96. The van der Waals surface area contributed by atoms with Gasteiger partial charge < -0.3 is 4.90 Å². The Labute approximate surface area is 120 Å². The highest BCUT2D eigenvalue weighted by atomic mass is 16.2. The molecule has 4 heteroatoms.